The molecule has 0 aliphatic carbocycles. The van der Waals surface area contributed by atoms with E-state index in [0.717, 1.165) is 24.0 Å². The molecule has 0 bridgehead atoms. The van der Waals surface area contributed by atoms with Gasteiger partial charge in [-0.05, 0) is 55.2 Å². The summed E-state index contributed by atoms with van der Waals surface area (Å²) in [5.41, 5.74) is 3.40. The first-order valence-corrected chi connectivity index (χ1v) is 16.6. The number of cyclic esters (lactones) is 1. The highest BCUT2D eigenvalue weighted by molar-refractivity contribution is 5.94. The van der Waals surface area contributed by atoms with E-state index in [1.54, 1.807) is 29.6 Å². The number of hydrogen-bond acceptors (Lipinski definition) is 10. The highest BCUT2D eigenvalue weighted by Gasteiger charge is 2.31. The Hall–Kier alpha value is -5.54. The van der Waals surface area contributed by atoms with Gasteiger partial charge in [0.15, 0.2) is 5.82 Å². The van der Waals surface area contributed by atoms with Crippen LogP contribution in [0.25, 0.3) is 11.4 Å². The van der Waals surface area contributed by atoms with Crippen LogP contribution in [0.3, 0.4) is 0 Å². The molecule has 0 spiro atoms. The van der Waals surface area contributed by atoms with Crippen LogP contribution in [-0.4, -0.2) is 87.0 Å². The summed E-state index contributed by atoms with van der Waals surface area (Å²) >= 11 is 0. The van der Waals surface area contributed by atoms with Gasteiger partial charge in [0.25, 0.3) is 11.5 Å². The van der Waals surface area contributed by atoms with Gasteiger partial charge >= 0.3 is 12.1 Å². The quantitative estimate of drug-likeness (QED) is 0.211. The summed E-state index contributed by atoms with van der Waals surface area (Å²) in [5.74, 6) is -0.0946. The van der Waals surface area contributed by atoms with E-state index in [1.165, 1.54) is 16.7 Å². The number of pyridine rings is 1. The number of fused-ring (bicyclic) bond motifs is 1. The van der Waals surface area contributed by atoms with E-state index in [2.05, 4.69) is 20.4 Å². The molecule has 1 aromatic carbocycles. The van der Waals surface area contributed by atoms with Crippen LogP contribution in [0.15, 0.2) is 47.4 Å². The maximum Gasteiger partial charge on any atom is 0.416 e. The van der Waals surface area contributed by atoms with Crippen molar-refractivity contribution >= 4 is 40.9 Å². The van der Waals surface area contributed by atoms with Gasteiger partial charge in [0.2, 0.25) is 5.78 Å². The second-order valence-corrected chi connectivity index (χ2v) is 11.9. The molecule has 2 aliphatic rings. The Labute approximate surface area is 291 Å². The van der Waals surface area contributed by atoms with Crippen molar-refractivity contribution in [2.24, 2.45) is 0 Å². The van der Waals surface area contributed by atoms with Gasteiger partial charge in [-0.25, -0.2) is 4.79 Å². The Morgan fingerprint density at radius 3 is 2.43 bits per heavy atom. The van der Waals surface area contributed by atoms with Crippen molar-refractivity contribution in [1.29, 1.82) is 0 Å². The minimum absolute atomic E-state index is 0.00288. The zero-order valence-corrected chi connectivity index (χ0v) is 28.8. The Morgan fingerprint density at radius 2 is 1.82 bits per heavy atom. The molecule has 1 amide bonds. The predicted molar refractivity (Wildman–Crippen MR) is 184 cm³/mol. The molecule has 270 valence electrons. The average Bonchev–Trinajstić information content (AvgIpc) is 3.58. The number of amides is 1. The molecule has 1 saturated heterocycles. The number of anilines is 2. The molecule has 0 radical (unpaired) electrons. The molecule has 13 nitrogen and oxygen atoms in total. The van der Waals surface area contributed by atoms with Crippen LogP contribution in [0.2, 0.25) is 0 Å². The summed E-state index contributed by atoms with van der Waals surface area (Å²) < 4.78 is 44.4. The summed E-state index contributed by atoms with van der Waals surface area (Å²) in [6, 6.07) is 7.36. The van der Waals surface area contributed by atoms with Crippen molar-refractivity contribution in [3.63, 3.8) is 0 Å². The molecule has 3 aromatic heterocycles. The SMILES string of the molecule is CCc1cccnc1C(=O)N1CCN(c2c(CC)n(CC=O)c3nc(C4=CC(=O)OCC4)nn3c2=O)CC1.CNc1ccc(C(F)(F)F)cc1C. The number of benzene rings is 1. The van der Waals surface area contributed by atoms with Crippen LogP contribution in [-0.2, 0) is 39.9 Å². The summed E-state index contributed by atoms with van der Waals surface area (Å²) in [7, 11) is 1.68. The van der Waals surface area contributed by atoms with Gasteiger partial charge < -0.3 is 29.2 Å². The second kappa shape index (κ2) is 15.6. The van der Waals surface area contributed by atoms with Crippen LogP contribution >= 0.6 is 0 Å². The van der Waals surface area contributed by atoms with Crippen molar-refractivity contribution in [3.8, 4) is 0 Å². The molecule has 51 heavy (non-hydrogen) atoms. The standard InChI is InChI=1S/C26H29N7O5.C9H10F3N/c1-3-17-6-5-8-27-21(17)24(36)31-11-9-30(10-12-31)22-19(4-2)32(13-14-34)26-28-23(29-33(26)25(22)37)18-7-15-38-20(35)16-18;1-6-5-7(9(10,11)12)3-4-8(6)13-2/h5-6,8,14,16H,3-4,7,9-13,15H2,1-2H3;3-5,13H,1-2H3. The number of esters is 1. The molecule has 6 rings (SSSR count). The fourth-order valence-electron chi connectivity index (χ4n) is 6.18. The van der Waals surface area contributed by atoms with E-state index in [4.69, 9.17) is 4.74 Å². The lowest BCUT2D eigenvalue weighted by Gasteiger charge is -2.36. The first-order chi connectivity index (χ1) is 24.4. The van der Waals surface area contributed by atoms with Crippen LogP contribution in [0, 0.1) is 6.92 Å². The Bertz CT molecular complexity index is 2030. The van der Waals surface area contributed by atoms with E-state index in [1.807, 2.05) is 30.9 Å². The smallest absolute Gasteiger partial charge is 0.416 e. The molecule has 16 heteroatoms. The summed E-state index contributed by atoms with van der Waals surface area (Å²) in [4.78, 5) is 62.9. The lowest BCUT2D eigenvalue weighted by atomic mass is 10.1. The molecule has 5 heterocycles. The minimum Gasteiger partial charge on any atom is -0.462 e. The third-order valence-corrected chi connectivity index (χ3v) is 8.79. The summed E-state index contributed by atoms with van der Waals surface area (Å²) in [5, 5.41) is 7.23. The van der Waals surface area contributed by atoms with E-state index in [9.17, 15) is 32.3 Å². The van der Waals surface area contributed by atoms with Crippen molar-refractivity contribution in [2.75, 3.05) is 50.1 Å². The molecular formula is C35H39F3N8O5. The third kappa shape index (κ3) is 7.79. The minimum atomic E-state index is -4.25. The summed E-state index contributed by atoms with van der Waals surface area (Å²) in [6.45, 7) is 7.48. The number of nitrogens with zero attached hydrogens (tertiary/aromatic N) is 7. The van der Waals surface area contributed by atoms with Crippen LogP contribution < -0.4 is 15.8 Å². The van der Waals surface area contributed by atoms with Gasteiger partial charge in [-0.1, -0.05) is 19.9 Å². The number of rotatable bonds is 8. The van der Waals surface area contributed by atoms with Gasteiger partial charge in [-0.2, -0.15) is 22.7 Å². The van der Waals surface area contributed by atoms with Gasteiger partial charge in [-0.3, -0.25) is 14.6 Å². The number of ether oxygens (including phenoxy) is 1. The zero-order valence-electron chi connectivity index (χ0n) is 28.8. The number of aromatic nitrogens is 5. The fraction of sp³-hybridized carbons (Fsp3) is 0.400. The first-order valence-electron chi connectivity index (χ1n) is 16.6. The van der Waals surface area contributed by atoms with Gasteiger partial charge in [-0.15, -0.1) is 5.10 Å². The van der Waals surface area contributed by atoms with Gasteiger partial charge in [0, 0.05) is 63.2 Å². The highest BCUT2D eigenvalue weighted by Crippen LogP contribution is 2.31. The fourth-order valence-corrected chi connectivity index (χ4v) is 6.18. The first kappa shape index (κ1) is 36.7. The number of halogens is 3. The molecule has 0 unspecified atom stereocenters. The van der Waals surface area contributed by atoms with Gasteiger partial charge in [0.05, 0.1) is 24.4 Å². The van der Waals surface area contributed by atoms with Crippen LogP contribution in [0.4, 0.5) is 24.5 Å². The normalized spacial score (nSPS) is 14.8. The molecule has 1 fully saturated rings. The molecule has 1 N–H and O–H groups in total. The van der Waals surface area contributed by atoms with Crippen LogP contribution in [0.1, 0.15) is 59.0 Å². The number of hydrogen-bond donors (Lipinski definition) is 1. The number of nitrogens with one attached hydrogen (secondary N) is 1. The molecule has 4 aromatic rings. The van der Waals surface area contributed by atoms with E-state index >= 15 is 0 Å². The third-order valence-electron chi connectivity index (χ3n) is 8.79. The van der Waals surface area contributed by atoms with Crippen molar-refractivity contribution in [2.45, 2.75) is 52.8 Å². The molecule has 0 atom stereocenters. The van der Waals surface area contributed by atoms with Crippen molar-refractivity contribution in [1.82, 2.24) is 29.0 Å². The lowest BCUT2D eigenvalue weighted by Crippen LogP contribution is -2.51. The van der Waals surface area contributed by atoms with Gasteiger partial charge in [0.1, 0.15) is 17.7 Å². The molecule has 0 saturated carbocycles. The van der Waals surface area contributed by atoms with Crippen molar-refractivity contribution in [3.05, 3.63) is 86.9 Å². The maximum absolute atomic E-state index is 13.8. The largest absolute Gasteiger partial charge is 0.462 e. The Kier molecular flexibility index (Phi) is 11.2. The number of aldehydes is 1. The lowest BCUT2D eigenvalue weighted by molar-refractivity contribution is -0.138. The second-order valence-electron chi connectivity index (χ2n) is 11.9. The topological polar surface area (TPSA) is 144 Å². The number of piperazine rings is 1. The number of carbonyl (C=O) groups excluding carboxylic acids is 3. The zero-order chi connectivity index (χ0) is 36.9. The summed E-state index contributed by atoms with van der Waals surface area (Å²) in [6.07, 6.45) is 1.09. The molecular weight excluding hydrogens is 669 g/mol. The number of aryl methyl sites for hydroxylation is 2. The van der Waals surface area contributed by atoms with E-state index in [-0.39, 0.29) is 36.2 Å². The Balaban J connectivity index is 0.000000328. The average molecular weight is 709 g/mol. The number of carbonyl (C=O) groups is 3. The molecule has 2 aliphatic heterocycles. The van der Waals surface area contributed by atoms with Crippen molar-refractivity contribution < 1.29 is 32.3 Å². The number of alkyl halides is 3. The van der Waals surface area contributed by atoms with Crippen LogP contribution in [0.5, 0.6) is 0 Å². The van der Waals surface area contributed by atoms with E-state index in [0.29, 0.717) is 79.3 Å². The maximum atomic E-state index is 13.8. The Morgan fingerprint density at radius 1 is 1.08 bits per heavy atom. The highest BCUT2D eigenvalue weighted by atomic mass is 19.4. The predicted octanol–water partition coefficient (Wildman–Crippen LogP) is 3.96. The monoisotopic (exact) mass is 708 g/mol. The van der Waals surface area contributed by atoms with E-state index < -0.39 is 17.7 Å².